The lowest BCUT2D eigenvalue weighted by atomic mass is 9.78. The normalized spacial score (nSPS) is 24.3. The number of allylic oxidation sites excluding steroid dienone is 1. The summed E-state index contributed by atoms with van der Waals surface area (Å²) in [5, 5.41) is 15.7. The van der Waals surface area contributed by atoms with E-state index in [0.717, 1.165) is 67.1 Å². The highest BCUT2D eigenvalue weighted by atomic mass is 16.5. The van der Waals surface area contributed by atoms with Gasteiger partial charge in [-0.05, 0) is 101 Å². The molecule has 89 heavy (non-hydrogen) atoms. The summed E-state index contributed by atoms with van der Waals surface area (Å²) in [6.07, 6.45) is 9.81. The minimum absolute atomic E-state index is 0.00560. The first-order valence-corrected chi connectivity index (χ1v) is 32.3. The second-order valence-electron chi connectivity index (χ2n) is 24.2. The number of anilines is 2. The van der Waals surface area contributed by atoms with Gasteiger partial charge in [-0.1, -0.05) is 55.0 Å². The molecule has 0 bridgehead atoms. The lowest BCUT2D eigenvalue weighted by molar-refractivity contribution is -0.128. The molecule has 2 saturated carbocycles. The van der Waals surface area contributed by atoms with Crippen LogP contribution >= 0.6 is 0 Å². The smallest absolute Gasteiger partial charge is 0.220 e. The average molecular weight is 1230 g/mol. The molecule has 9 rings (SSSR count). The van der Waals surface area contributed by atoms with Gasteiger partial charge in [0.25, 0.3) is 0 Å². The van der Waals surface area contributed by atoms with Crippen LogP contribution in [0.25, 0.3) is 21.5 Å². The Kier molecular flexibility index (Phi) is 25.6. The van der Waals surface area contributed by atoms with E-state index in [1.165, 1.54) is 5.57 Å². The van der Waals surface area contributed by atoms with Gasteiger partial charge in [0.1, 0.15) is 0 Å². The fraction of sp³-hybridized carbons (Fsp3) is 0.588. The standard InChI is InChI=1S/C68H93N7O14/c1-42-9-17-59(54(70)39-42)88-44-12-18-60(55(71)40-44)89-45-11-10-43(2)58(41-45)75-62(77)20-19-61(76)74-26-32-87-36-34-83-28-22-53-66(79)49-8-4-6-47-57(16-14-51(64(47)49)68(53)81)73-25-31-86-38-37-85-30-24-72-56-15-13-50-63-46(56)5-3-7-48(63)65(78)52(67(50)80)21-27-82-33-35-84-29-23-69/h3-8,13-16,39,43-45,52-55,58-60,72-73H,9-12,17-38,40-41,69-71H2,1-2H3,(H,74,76)(H,75,77). The van der Waals surface area contributed by atoms with Crippen LogP contribution < -0.4 is 38.5 Å². The van der Waals surface area contributed by atoms with Gasteiger partial charge in [-0.25, -0.2) is 0 Å². The molecule has 5 aliphatic rings. The van der Waals surface area contributed by atoms with Crippen LogP contribution in [0.2, 0.25) is 0 Å². The maximum absolute atomic E-state index is 13.8. The number of Topliss-reactive ketones (excluding diaryl/α,β-unsaturated/α-hetero) is 4. The summed E-state index contributed by atoms with van der Waals surface area (Å²) in [5.41, 5.74) is 23.5. The minimum Gasteiger partial charge on any atom is -0.382 e. The molecule has 4 aromatic rings. The van der Waals surface area contributed by atoms with Crippen LogP contribution in [0.1, 0.15) is 132 Å². The Bertz CT molecular complexity index is 3060. The van der Waals surface area contributed by atoms with Gasteiger partial charge in [-0.2, -0.15) is 0 Å². The minimum atomic E-state index is -0.856. The molecule has 2 fully saturated rings. The van der Waals surface area contributed by atoms with E-state index in [-0.39, 0.29) is 136 Å². The first-order chi connectivity index (χ1) is 43.3. The summed E-state index contributed by atoms with van der Waals surface area (Å²) < 4.78 is 47.1. The Morgan fingerprint density at radius 2 is 1.01 bits per heavy atom. The third kappa shape index (κ3) is 18.1. The highest BCUT2D eigenvalue weighted by Crippen LogP contribution is 2.39. The van der Waals surface area contributed by atoms with Gasteiger partial charge in [0.15, 0.2) is 23.1 Å². The predicted molar refractivity (Wildman–Crippen MR) is 340 cm³/mol. The number of amides is 2. The molecule has 0 spiro atoms. The van der Waals surface area contributed by atoms with E-state index in [1.807, 2.05) is 36.4 Å². The zero-order valence-electron chi connectivity index (χ0n) is 51.9. The molecule has 0 aliphatic heterocycles. The highest BCUT2D eigenvalue weighted by Gasteiger charge is 2.39. The van der Waals surface area contributed by atoms with Crippen LogP contribution in [0.4, 0.5) is 11.4 Å². The molecule has 4 aromatic carbocycles. The van der Waals surface area contributed by atoms with Gasteiger partial charge in [0.05, 0.1) is 102 Å². The molecule has 0 aromatic heterocycles. The van der Waals surface area contributed by atoms with Gasteiger partial charge in [-0.15, -0.1) is 0 Å². The fourth-order valence-electron chi connectivity index (χ4n) is 13.1. The summed E-state index contributed by atoms with van der Waals surface area (Å²) in [4.78, 5) is 80.2. The van der Waals surface area contributed by atoms with E-state index in [4.69, 9.17) is 55.1 Å². The van der Waals surface area contributed by atoms with Crippen LogP contribution in [-0.2, 0) is 47.5 Å². The molecule has 484 valence electrons. The first kappa shape index (κ1) is 67.3. The van der Waals surface area contributed by atoms with Crippen LogP contribution in [-0.4, -0.2) is 183 Å². The second kappa shape index (κ2) is 33.8. The van der Waals surface area contributed by atoms with Crippen molar-refractivity contribution in [1.82, 2.24) is 10.6 Å². The van der Waals surface area contributed by atoms with Gasteiger partial charge in [0.2, 0.25) is 11.8 Å². The molecule has 10 atom stereocenters. The van der Waals surface area contributed by atoms with Crippen LogP contribution in [0.15, 0.2) is 72.3 Å². The number of nitrogens with one attached hydrogen (secondary N) is 4. The molecule has 0 radical (unpaired) electrons. The van der Waals surface area contributed by atoms with Gasteiger partial charge in [0, 0.05) is 126 Å². The SMILES string of the molecule is CC1=CC(N)C(OC2CCC(OC3CCC(C)C(NC(=O)CCC(=O)NCCOCCOCCC4C(=O)c5cccc6c(NCCOCCOCCNc7ccc8c9c(cccc79)C(=O)C(CCOCCOCCN)C8=O)ccc(c56)C4=O)C3)C(N)C2)CC1. The number of nitrogens with two attached hydrogens (primary N) is 3. The number of hydrogen-bond donors (Lipinski definition) is 7. The molecule has 0 saturated heterocycles. The van der Waals surface area contributed by atoms with Crippen LogP contribution in [0, 0.1) is 17.8 Å². The Labute approximate surface area is 522 Å². The Morgan fingerprint density at radius 1 is 0.528 bits per heavy atom. The lowest BCUT2D eigenvalue weighted by Gasteiger charge is -2.41. The van der Waals surface area contributed by atoms with Crippen molar-refractivity contribution in [2.45, 2.75) is 133 Å². The van der Waals surface area contributed by atoms with Crippen LogP contribution in [0.3, 0.4) is 0 Å². The van der Waals surface area contributed by atoms with E-state index in [0.29, 0.717) is 118 Å². The topological polar surface area (TPSA) is 302 Å². The van der Waals surface area contributed by atoms with Crippen molar-refractivity contribution in [2.75, 3.05) is 116 Å². The van der Waals surface area contributed by atoms with Crippen molar-refractivity contribution >= 4 is 67.9 Å². The summed E-state index contributed by atoms with van der Waals surface area (Å²) >= 11 is 0. The van der Waals surface area contributed by atoms with E-state index in [1.54, 1.807) is 24.3 Å². The quantitative estimate of drug-likeness (QED) is 0.0143. The lowest BCUT2D eigenvalue weighted by Crippen LogP contribution is -2.50. The zero-order chi connectivity index (χ0) is 62.7. The average Bonchev–Trinajstić information content (AvgIpc) is 1.36. The number of carbonyl (C=O) groups is 6. The Balaban J connectivity index is 0.595. The number of benzene rings is 4. The number of ether oxygens (including phenoxy) is 8. The van der Waals surface area contributed by atoms with Gasteiger partial charge < -0.3 is 76.4 Å². The Hall–Kier alpha value is -6.08. The molecule has 21 nitrogen and oxygen atoms in total. The van der Waals surface area contributed by atoms with Gasteiger partial charge >= 0.3 is 0 Å². The maximum atomic E-state index is 13.8. The Morgan fingerprint density at radius 3 is 1.55 bits per heavy atom. The maximum Gasteiger partial charge on any atom is 0.220 e. The third-order valence-electron chi connectivity index (χ3n) is 17.9. The number of rotatable bonds is 36. The van der Waals surface area contributed by atoms with Crippen LogP contribution in [0.5, 0.6) is 0 Å². The molecule has 10 unspecified atom stereocenters. The van der Waals surface area contributed by atoms with E-state index < -0.39 is 11.8 Å². The molecular formula is C68H93N7O14. The molecule has 0 heterocycles. The molecule has 21 heteroatoms. The summed E-state index contributed by atoms with van der Waals surface area (Å²) in [6.45, 7) is 9.98. The van der Waals surface area contributed by atoms with Crippen molar-refractivity contribution in [3.63, 3.8) is 0 Å². The van der Waals surface area contributed by atoms with Crippen molar-refractivity contribution in [3.8, 4) is 0 Å². The van der Waals surface area contributed by atoms with Crippen molar-refractivity contribution < 1.29 is 66.7 Å². The van der Waals surface area contributed by atoms with Crippen molar-refractivity contribution in [2.24, 2.45) is 35.0 Å². The zero-order valence-corrected chi connectivity index (χ0v) is 51.9. The molecule has 10 N–H and O–H groups in total. The third-order valence-corrected chi connectivity index (χ3v) is 17.9. The summed E-state index contributed by atoms with van der Waals surface area (Å²) in [6, 6.07) is 18.1. The van der Waals surface area contributed by atoms with Crippen molar-refractivity contribution in [1.29, 1.82) is 0 Å². The number of hydrogen-bond acceptors (Lipinski definition) is 19. The van der Waals surface area contributed by atoms with E-state index >= 15 is 0 Å². The molecule has 2 amide bonds. The summed E-state index contributed by atoms with van der Waals surface area (Å²) in [7, 11) is 0. The fourth-order valence-corrected chi connectivity index (χ4v) is 13.1. The predicted octanol–water partition coefficient (Wildman–Crippen LogP) is 6.63. The monoisotopic (exact) mass is 1230 g/mol. The summed E-state index contributed by atoms with van der Waals surface area (Å²) in [5.74, 6) is -2.57. The highest BCUT2D eigenvalue weighted by molar-refractivity contribution is 6.31. The van der Waals surface area contributed by atoms with Gasteiger partial charge in [-0.3, -0.25) is 28.8 Å². The number of carbonyl (C=O) groups excluding carboxylic acids is 6. The van der Waals surface area contributed by atoms with E-state index in [9.17, 15) is 28.8 Å². The second-order valence-corrected chi connectivity index (χ2v) is 24.2. The molecular weight excluding hydrogens is 1140 g/mol. The van der Waals surface area contributed by atoms with Crippen molar-refractivity contribution in [3.05, 3.63) is 94.6 Å². The first-order valence-electron chi connectivity index (χ1n) is 32.3. The van der Waals surface area contributed by atoms with E-state index in [2.05, 4.69) is 41.2 Å². The largest absolute Gasteiger partial charge is 0.382 e. The number of ketones is 4. The molecule has 5 aliphatic carbocycles.